The van der Waals surface area contributed by atoms with Gasteiger partial charge in [0.05, 0.1) is 5.69 Å². The zero-order valence-corrected chi connectivity index (χ0v) is 13.7. The van der Waals surface area contributed by atoms with E-state index < -0.39 is 0 Å². The predicted octanol–water partition coefficient (Wildman–Crippen LogP) is 2.53. The van der Waals surface area contributed by atoms with Gasteiger partial charge in [0, 0.05) is 44.6 Å². The van der Waals surface area contributed by atoms with E-state index in [1.807, 2.05) is 12.3 Å². The second-order valence-electron chi connectivity index (χ2n) is 6.00. The van der Waals surface area contributed by atoms with E-state index in [2.05, 4.69) is 61.0 Å². The molecule has 0 aliphatic carbocycles. The molecule has 0 aliphatic rings. The lowest BCUT2D eigenvalue weighted by Crippen LogP contribution is -2.34. The molecular formula is C16H30N4. The average molecular weight is 278 g/mol. The van der Waals surface area contributed by atoms with Crippen LogP contribution >= 0.6 is 0 Å². The maximum absolute atomic E-state index is 4.50. The van der Waals surface area contributed by atoms with Crippen LogP contribution in [0, 0.1) is 5.92 Å². The van der Waals surface area contributed by atoms with E-state index in [9.17, 15) is 0 Å². The van der Waals surface area contributed by atoms with Crippen LogP contribution in [0.3, 0.4) is 0 Å². The zero-order chi connectivity index (χ0) is 15.0. The van der Waals surface area contributed by atoms with E-state index in [1.165, 1.54) is 0 Å². The number of aromatic nitrogens is 1. The first-order valence-electron chi connectivity index (χ1n) is 7.57. The van der Waals surface area contributed by atoms with E-state index in [1.54, 1.807) is 0 Å². The van der Waals surface area contributed by atoms with Crippen LogP contribution in [-0.4, -0.2) is 55.1 Å². The highest BCUT2D eigenvalue weighted by molar-refractivity contribution is 5.42. The van der Waals surface area contributed by atoms with Gasteiger partial charge < -0.3 is 10.2 Å². The molecule has 0 saturated carbocycles. The summed E-state index contributed by atoms with van der Waals surface area (Å²) in [5, 5.41) is 3.35. The third-order valence-corrected chi connectivity index (χ3v) is 3.07. The van der Waals surface area contributed by atoms with Gasteiger partial charge in [0.2, 0.25) is 0 Å². The zero-order valence-electron chi connectivity index (χ0n) is 13.7. The van der Waals surface area contributed by atoms with E-state index in [0.717, 1.165) is 44.1 Å². The summed E-state index contributed by atoms with van der Waals surface area (Å²) in [6.45, 7) is 11.8. The summed E-state index contributed by atoms with van der Waals surface area (Å²) in [7, 11) is 4.25. The quantitative estimate of drug-likeness (QED) is 0.752. The summed E-state index contributed by atoms with van der Waals surface area (Å²) in [5.41, 5.74) is 2.30. The summed E-state index contributed by atoms with van der Waals surface area (Å²) in [6, 6.07) is 4.19. The molecule has 0 saturated heterocycles. The SMILES string of the molecule is CCNc1ccnc(CN(CCN(C)C)CC(C)C)c1. The molecule has 1 rings (SSSR count). The van der Waals surface area contributed by atoms with Gasteiger partial charge in [-0.05, 0) is 39.1 Å². The smallest absolute Gasteiger partial charge is 0.0564 e. The van der Waals surface area contributed by atoms with Crippen LogP contribution in [0.2, 0.25) is 0 Å². The highest BCUT2D eigenvalue weighted by Gasteiger charge is 2.10. The maximum Gasteiger partial charge on any atom is 0.0564 e. The summed E-state index contributed by atoms with van der Waals surface area (Å²) in [6.07, 6.45) is 1.90. The molecule has 1 N–H and O–H groups in total. The Morgan fingerprint density at radius 3 is 2.60 bits per heavy atom. The molecule has 4 heteroatoms. The Kier molecular flexibility index (Phi) is 7.55. The fourth-order valence-electron chi connectivity index (χ4n) is 2.20. The van der Waals surface area contributed by atoms with Crippen LogP contribution in [0.5, 0.6) is 0 Å². The van der Waals surface area contributed by atoms with Crippen molar-refractivity contribution in [3.8, 4) is 0 Å². The van der Waals surface area contributed by atoms with Gasteiger partial charge in [0.15, 0.2) is 0 Å². The van der Waals surface area contributed by atoms with Crippen LogP contribution in [0.15, 0.2) is 18.3 Å². The molecule has 4 nitrogen and oxygen atoms in total. The molecule has 0 atom stereocenters. The van der Waals surface area contributed by atoms with Crippen molar-refractivity contribution in [2.45, 2.75) is 27.3 Å². The van der Waals surface area contributed by atoms with Gasteiger partial charge in [-0.3, -0.25) is 9.88 Å². The minimum absolute atomic E-state index is 0.675. The average Bonchev–Trinajstić information content (AvgIpc) is 2.36. The van der Waals surface area contributed by atoms with Crippen LogP contribution in [0.1, 0.15) is 26.5 Å². The molecule has 20 heavy (non-hydrogen) atoms. The van der Waals surface area contributed by atoms with Gasteiger partial charge in [0.1, 0.15) is 0 Å². The largest absolute Gasteiger partial charge is 0.385 e. The van der Waals surface area contributed by atoms with Gasteiger partial charge in [-0.2, -0.15) is 0 Å². The molecule has 0 amide bonds. The molecule has 0 aromatic carbocycles. The third kappa shape index (κ3) is 6.87. The van der Waals surface area contributed by atoms with Crippen molar-refractivity contribution in [2.24, 2.45) is 5.92 Å². The Balaban J connectivity index is 2.64. The topological polar surface area (TPSA) is 31.4 Å². The van der Waals surface area contributed by atoms with E-state index in [0.29, 0.717) is 5.92 Å². The number of anilines is 1. The molecule has 0 fully saturated rings. The van der Waals surface area contributed by atoms with Gasteiger partial charge in [0.25, 0.3) is 0 Å². The lowest BCUT2D eigenvalue weighted by molar-refractivity contribution is 0.210. The van der Waals surface area contributed by atoms with Crippen molar-refractivity contribution in [1.29, 1.82) is 0 Å². The lowest BCUT2D eigenvalue weighted by Gasteiger charge is -2.25. The van der Waals surface area contributed by atoms with Gasteiger partial charge in [-0.1, -0.05) is 13.8 Å². The molecule has 1 aromatic heterocycles. The molecule has 1 heterocycles. The second-order valence-corrected chi connectivity index (χ2v) is 6.00. The number of nitrogens with one attached hydrogen (secondary N) is 1. The first kappa shape index (κ1) is 16.9. The van der Waals surface area contributed by atoms with Crippen molar-refractivity contribution < 1.29 is 0 Å². The van der Waals surface area contributed by atoms with Crippen molar-refractivity contribution in [2.75, 3.05) is 45.6 Å². The number of likely N-dealkylation sites (N-methyl/N-ethyl adjacent to an activating group) is 1. The number of nitrogens with zero attached hydrogens (tertiary/aromatic N) is 3. The van der Waals surface area contributed by atoms with Crippen molar-refractivity contribution in [3.05, 3.63) is 24.0 Å². The summed E-state index contributed by atoms with van der Waals surface area (Å²) < 4.78 is 0. The molecule has 0 unspecified atom stereocenters. The molecule has 0 bridgehead atoms. The van der Waals surface area contributed by atoms with Crippen molar-refractivity contribution in [3.63, 3.8) is 0 Å². The van der Waals surface area contributed by atoms with E-state index in [4.69, 9.17) is 0 Å². The highest BCUT2D eigenvalue weighted by Crippen LogP contribution is 2.11. The van der Waals surface area contributed by atoms with Crippen LogP contribution in [0.25, 0.3) is 0 Å². The summed E-state index contributed by atoms with van der Waals surface area (Å²) >= 11 is 0. The predicted molar refractivity (Wildman–Crippen MR) is 87.1 cm³/mol. The number of hydrogen-bond donors (Lipinski definition) is 1. The number of hydrogen-bond acceptors (Lipinski definition) is 4. The van der Waals surface area contributed by atoms with Gasteiger partial charge in [-0.15, -0.1) is 0 Å². The highest BCUT2D eigenvalue weighted by atomic mass is 15.2. The maximum atomic E-state index is 4.50. The lowest BCUT2D eigenvalue weighted by atomic mass is 10.2. The van der Waals surface area contributed by atoms with E-state index in [-0.39, 0.29) is 0 Å². The second kappa shape index (κ2) is 8.93. The minimum Gasteiger partial charge on any atom is -0.385 e. The Bertz CT molecular complexity index is 376. The molecule has 0 spiro atoms. The Morgan fingerprint density at radius 1 is 1.25 bits per heavy atom. The monoisotopic (exact) mass is 278 g/mol. The third-order valence-electron chi connectivity index (χ3n) is 3.07. The van der Waals surface area contributed by atoms with Crippen molar-refractivity contribution >= 4 is 5.69 Å². The number of rotatable bonds is 9. The molecule has 0 aliphatic heterocycles. The first-order valence-corrected chi connectivity index (χ1v) is 7.57. The Morgan fingerprint density at radius 2 is 2.00 bits per heavy atom. The fourth-order valence-corrected chi connectivity index (χ4v) is 2.20. The molecular weight excluding hydrogens is 248 g/mol. The van der Waals surface area contributed by atoms with Crippen LogP contribution in [-0.2, 0) is 6.54 Å². The van der Waals surface area contributed by atoms with E-state index >= 15 is 0 Å². The Labute approximate surface area is 124 Å². The van der Waals surface area contributed by atoms with Crippen molar-refractivity contribution in [1.82, 2.24) is 14.8 Å². The van der Waals surface area contributed by atoms with Gasteiger partial charge >= 0.3 is 0 Å². The van der Waals surface area contributed by atoms with Crippen LogP contribution < -0.4 is 5.32 Å². The standard InChI is InChI=1S/C16H30N4/c1-6-17-15-7-8-18-16(11-15)13-20(12-14(2)3)10-9-19(4)5/h7-8,11,14H,6,9-10,12-13H2,1-5H3,(H,17,18). The molecule has 0 radical (unpaired) electrons. The first-order chi connectivity index (χ1) is 9.51. The summed E-state index contributed by atoms with van der Waals surface area (Å²) in [5.74, 6) is 0.675. The Hall–Kier alpha value is -1.13. The minimum atomic E-state index is 0.675. The normalized spacial score (nSPS) is 11.6. The van der Waals surface area contributed by atoms with Gasteiger partial charge in [-0.25, -0.2) is 0 Å². The summed E-state index contributed by atoms with van der Waals surface area (Å²) in [4.78, 5) is 9.22. The van der Waals surface area contributed by atoms with Crippen LogP contribution in [0.4, 0.5) is 5.69 Å². The molecule has 1 aromatic rings. The molecule has 114 valence electrons. The fraction of sp³-hybridized carbons (Fsp3) is 0.688. The number of pyridine rings is 1.